The van der Waals surface area contributed by atoms with Crippen LogP contribution in [0.15, 0.2) is 91.0 Å². The summed E-state index contributed by atoms with van der Waals surface area (Å²) in [7, 11) is 1.43. The molecule has 1 heterocycles. The lowest BCUT2D eigenvalue weighted by molar-refractivity contribution is -0.197. The molecule has 5 nitrogen and oxygen atoms in total. The van der Waals surface area contributed by atoms with Crippen LogP contribution < -0.4 is 0 Å². The normalized spacial score (nSPS) is 19.2. The molecule has 3 atom stereocenters. The molecule has 0 aromatic heterocycles. The smallest absolute Gasteiger partial charge is 0.337 e. The molecule has 3 aromatic carbocycles. The number of nitrogens with zero attached hydrogens (tertiary/aromatic N) is 2. The van der Waals surface area contributed by atoms with Crippen molar-refractivity contribution in [2.45, 2.75) is 58.1 Å². The van der Waals surface area contributed by atoms with Gasteiger partial charge in [-0.15, -0.1) is 0 Å². The molecule has 0 radical (unpaired) electrons. The molecule has 0 amide bonds. The van der Waals surface area contributed by atoms with Gasteiger partial charge in [0.1, 0.15) is 0 Å². The van der Waals surface area contributed by atoms with Gasteiger partial charge in [0.15, 0.2) is 6.10 Å². The Morgan fingerprint density at radius 2 is 1.37 bits per heavy atom. The molecule has 0 N–H and O–H groups in total. The highest BCUT2D eigenvalue weighted by atomic mass is 16.7. The van der Waals surface area contributed by atoms with Gasteiger partial charge in [-0.2, -0.15) is 5.06 Å². The van der Waals surface area contributed by atoms with E-state index in [1.54, 1.807) is 0 Å². The molecular formula is C30H36N2O3. The van der Waals surface area contributed by atoms with Crippen molar-refractivity contribution >= 4 is 5.97 Å². The zero-order valence-electron chi connectivity index (χ0n) is 20.9. The van der Waals surface area contributed by atoms with E-state index in [1.165, 1.54) is 18.2 Å². The van der Waals surface area contributed by atoms with Gasteiger partial charge < -0.3 is 4.74 Å². The Morgan fingerprint density at radius 1 is 0.886 bits per heavy atom. The maximum absolute atomic E-state index is 12.5. The van der Waals surface area contributed by atoms with E-state index in [0.29, 0.717) is 18.9 Å². The predicted octanol–water partition coefficient (Wildman–Crippen LogP) is 5.46. The molecular weight excluding hydrogens is 436 g/mol. The lowest BCUT2D eigenvalue weighted by atomic mass is 9.90. The van der Waals surface area contributed by atoms with Crippen LogP contribution in [0.5, 0.6) is 0 Å². The van der Waals surface area contributed by atoms with Crippen LogP contribution in [0.4, 0.5) is 0 Å². The zero-order chi connectivity index (χ0) is 24.6. The second kappa shape index (κ2) is 12.1. The van der Waals surface area contributed by atoms with Crippen LogP contribution in [0.25, 0.3) is 0 Å². The summed E-state index contributed by atoms with van der Waals surface area (Å²) >= 11 is 0. The Labute approximate surface area is 209 Å². The topological polar surface area (TPSA) is 42.0 Å². The summed E-state index contributed by atoms with van der Waals surface area (Å²) in [6, 6.07) is 31.7. The van der Waals surface area contributed by atoms with Gasteiger partial charge in [0.25, 0.3) is 0 Å². The average Bonchev–Trinajstić information content (AvgIpc) is 3.28. The largest absolute Gasteiger partial charge is 0.467 e. The highest BCUT2D eigenvalue weighted by Gasteiger charge is 2.45. The first kappa shape index (κ1) is 25.1. The fourth-order valence-electron chi connectivity index (χ4n) is 5.13. The third-order valence-electron chi connectivity index (χ3n) is 6.69. The third kappa shape index (κ3) is 6.57. The minimum absolute atomic E-state index is 0.0340. The molecule has 0 unspecified atom stereocenters. The molecule has 0 bridgehead atoms. The van der Waals surface area contributed by atoms with E-state index in [9.17, 15) is 4.79 Å². The van der Waals surface area contributed by atoms with Crippen LogP contribution in [0, 0.1) is 5.92 Å². The number of methoxy groups -OCH3 is 1. The summed E-state index contributed by atoms with van der Waals surface area (Å²) in [5.41, 5.74) is 3.70. The van der Waals surface area contributed by atoms with Crippen molar-refractivity contribution in [1.82, 2.24) is 9.96 Å². The van der Waals surface area contributed by atoms with Gasteiger partial charge in [-0.1, -0.05) is 105 Å². The number of carbonyl (C=O) groups excluding carboxylic acids is 1. The first-order chi connectivity index (χ1) is 17.0. The van der Waals surface area contributed by atoms with E-state index in [0.717, 1.165) is 18.7 Å². The molecule has 184 valence electrons. The van der Waals surface area contributed by atoms with Crippen molar-refractivity contribution in [2.24, 2.45) is 5.92 Å². The average molecular weight is 473 g/mol. The van der Waals surface area contributed by atoms with Crippen LogP contribution in [0.3, 0.4) is 0 Å². The van der Waals surface area contributed by atoms with Crippen molar-refractivity contribution in [3.05, 3.63) is 108 Å². The summed E-state index contributed by atoms with van der Waals surface area (Å²) < 4.78 is 5.07. The van der Waals surface area contributed by atoms with Gasteiger partial charge in [0.2, 0.25) is 0 Å². The van der Waals surface area contributed by atoms with Gasteiger partial charge in [0.05, 0.1) is 13.2 Å². The molecule has 1 saturated heterocycles. The number of hydrogen-bond donors (Lipinski definition) is 0. The minimum atomic E-state index is -0.592. The van der Waals surface area contributed by atoms with E-state index in [1.807, 2.05) is 23.3 Å². The quantitative estimate of drug-likeness (QED) is 0.367. The summed E-state index contributed by atoms with van der Waals surface area (Å²) in [5.74, 6) is 0.0245. The molecule has 0 saturated carbocycles. The van der Waals surface area contributed by atoms with Crippen LogP contribution in [-0.4, -0.2) is 41.2 Å². The second-order valence-corrected chi connectivity index (χ2v) is 9.59. The van der Waals surface area contributed by atoms with E-state index in [4.69, 9.17) is 9.57 Å². The highest BCUT2D eigenvalue weighted by Crippen LogP contribution is 2.33. The SMILES string of the molecule is COC(=O)[C@@H]1C[C@H]([C@H](C(C)C)N(Cc2ccccc2)Cc2ccccc2)N(Cc2ccccc2)O1. The summed E-state index contributed by atoms with van der Waals surface area (Å²) in [6.45, 7) is 6.78. The minimum Gasteiger partial charge on any atom is -0.467 e. The monoisotopic (exact) mass is 472 g/mol. The highest BCUT2D eigenvalue weighted by molar-refractivity contribution is 5.74. The summed E-state index contributed by atoms with van der Waals surface area (Å²) in [6.07, 6.45) is 0.00729. The predicted molar refractivity (Wildman–Crippen MR) is 138 cm³/mol. The molecule has 1 fully saturated rings. The number of hydrogen-bond acceptors (Lipinski definition) is 5. The van der Waals surface area contributed by atoms with Crippen molar-refractivity contribution in [3.8, 4) is 0 Å². The Bertz CT molecular complexity index is 1000. The van der Waals surface area contributed by atoms with E-state index >= 15 is 0 Å². The molecule has 3 aromatic rings. The van der Waals surface area contributed by atoms with Gasteiger partial charge in [0, 0.05) is 32.1 Å². The molecule has 35 heavy (non-hydrogen) atoms. The Kier molecular flexibility index (Phi) is 8.69. The van der Waals surface area contributed by atoms with Gasteiger partial charge in [-0.3, -0.25) is 9.74 Å². The maximum atomic E-state index is 12.5. The number of ether oxygens (including phenoxy) is 1. The van der Waals surface area contributed by atoms with Crippen molar-refractivity contribution < 1.29 is 14.4 Å². The molecule has 0 aliphatic carbocycles. The fraction of sp³-hybridized carbons (Fsp3) is 0.367. The van der Waals surface area contributed by atoms with Crippen LogP contribution in [-0.2, 0) is 34.0 Å². The molecule has 5 heteroatoms. The number of benzene rings is 3. The Morgan fingerprint density at radius 3 is 1.83 bits per heavy atom. The first-order valence-corrected chi connectivity index (χ1v) is 12.4. The van der Waals surface area contributed by atoms with Crippen LogP contribution >= 0.6 is 0 Å². The maximum Gasteiger partial charge on any atom is 0.337 e. The van der Waals surface area contributed by atoms with Crippen molar-refractivity contribution in [2.75, 3.05) is 7.11 Å². The van der Waals surface area contributed by atoms with Gasteiger partial charge in [-0.05, 0) is 22.6 Å². The fourth-order valence-corrected chi connectivity index (χ4v) is 5.13. The van der Waals surface area contributed by atoms with Crippen LogP contribution in [0.2, 0.25) is 0 Å². The molecule has 1 aliphatic heterocycles. The van der Waals surface area contributed by atoms with Gasteiger partial charge >= 0.3 is 5.97 Å². The van der Waals surface area contributed by atoms with Crippen LogP contribution in [0.1, 0.15) is 37.0 Å². The number of hydroxylamine groups is 2. The first-order valence-electron chi connectivity index (χ1n) is 12.4. The lowest BCUT2D eigenvalue weighted by Gasteiger charge is -2.41. The van der Waals surface area contributed by atoms with Gasteiger partial charge in [-0.25, -0.2) is 4.79 Å². The lowest BCUT2D eigenvalue weighted by Crippen LogP contribution is -2.51. The standard InChI is InChI=1S/C30H36N2O3/c1-23(2)29(31(20-24-13-7-4-8-14-24)21-25-15-9-5-10-16-25)27-19-28(30(33)34-3)35-32(27)22-26-17-11-6-12-18-26/h4-18,23,27-29H,19-22H2,1-3H3/t27-,28+,29+/m1/s1. The van der Waals surface area contributed by atoms with E-state index in [-0.39, 0.29) is 18.1 Å². The number of carbonyl (C=O) groups is 1. The second-order valence-electron chi connectivity index (χ2n) is 9.59. The van der Waals surface area contributed by atoms with E-state index in [2.05, 4.69) is 91.5 Å². The Balaban J connectivity index is 1.67. The Hall–Kier alpha value is -2.99. The summed E-state index contributed by atoms with van der Waals surface area (Å²) in [4.78, 5) is 21.3. The zero-order valence-corrected chi connectivity index (χ0v) is 20.9. The number of esters is 1. The molecule has 4 rings (SSSR count). The van der Waals surface area contributed by atoms with E-state index < -0.39 is 6.10 Å². The molecule has 0 spiro atoms. The van der Waals surface area contributed by atoms with Crippen molar-refractivity contribution in [3.63, 3.8) is 0 Å². The molecule has 1 aliphatic rings. The summed E-state index contributed by atoms with van der Waals surface area (Å²) in [5, 5.41) is 2.02. The van der Waals surface area contributed by atoms with Crippen molar-refractivity contribution in [1.29, 1.82) is 0 Å². The third-order valence-corrected chi connectivity index (χ3v) is 6.69. The number of rotatable bonds is 10.